The molecule has 0 aliphatic carbocycles. The molecular weight excluding hydrogens is 284 g/mol. The molecule has 120 valence electrons. The Bertz CT molecular complexity index is 420. The van der Waals surface area contributed by atoms with Gasteiger partial charge in [0.25, 0.3) is 0 Å². The second-order valence-electron chi connectivity index (χ2n) is 5.03. The molecule has 1 rings (SSSR count). The van der Waals surface area contributed by atoms with Gasteiger partial charge >= 0.3 is 0 Å². The van der Waals surface area contributed by atoms with Crippen LogP contribution in [-0.2, 0) is 11.3 Å². The normalized spacial score (nSPS) is 12.0. The summed E-state index contributed by atoms with van der Waals surface area (Å²) in [6.07, 6.45) is 1.07. The van der Waals surface area contributed by atoms with Crippen molar-refractivity contribution >= 4 is 17.3 Å². The minimum atomic E-state index is 0.821. The van der Waals surface area contributed by atoms with E-state index in [-0.39, 0.29) is 0 Å². The molecule has 0 fully saturated rings. The Hall–Kier alpha value is -1.11. The van der Waals surface area contributed by atoms with E-state index in [1.807, 2.05) is 0 Å². The van der Waals surface area contributed by atoms with Gasteiger partial charge in [-0.3, -0.25) is 4.99 Å². The number of aryl methyl sites for hydroxylation is 1. The molecule has 5 nitrogen and oxygen atoms in total. The van der Waals surface area contributed by atoms with Gasteiger partial charge in [0.15, 0.2) is 5.96 Å². The molecule has 0 amide bonds. The third kappa shape index (κ3) is 7.45. The van der Waals surface area contributed by atoms with E-state index in [0.29, 0.717) is 0 Å². The highest BCUT2D eigenvalue weighted by Crippen LogP contribution is 2.14. The molecule has 0 radical (unpaired) electrons. The molecular formula is C15H28N4OS. The maximum atomic E-state index is 5.06. The number of nitrogens with zero attached hydrogens (tertiary/aromatic N) is 2. The summed E-state index contributed by atoms with van der Waals surface area (Å²) in [4.78, 5) is 7.90. The van der Waals surface area contributed by atoms with Crippen LogP contribution in [0.1, 0.15) is 16.9 Å². The van der Waals surface area contributed by atoms with Crippen molar-refractivity contribution in [3.05, 3.63) is 21.9 Å². The van der Waals surface area contributed by atoms with Crippen LogP contribution in [0, 0.1) is 6.92 Å². The minimum Gasteiger partial charge on any atom is -0.385 e. The number of thiophene rings is 1. The summed E-state index contributed by atoms with van der Waals surface area (Å²) in [5, 5.41) is 8.82. The number of guanidine groups is 1. The van der Waals surface area contributed by atoms with Crippen molar-refractivity contribution in [2.24, 2.45) is 4.99 Å². The molecule has 0 unspecified atom stereocenters. The van der Waals surface area contributed by atoms with Gasteiger partial charge in [-0.05, 0) is 37.4 Å². The molecule has 0 aromatic carbocycles. The maximum Gasteiger partial charge on any atom is 0.191 e. The topological polar surface area (TPSA) is 48.9 Å². The lowest BCUT2D eigenvalue weighted by Gasteiger charge is -2.18. The molecule has 1 aromatic rings. The van der Waals surface area contributed by atoms with E-state index in [2.05, 4.69) is 45.9 Å². The van der Waals surface area contributed by atoms with Crippen LogP contribution in [-0.4, -0.2) is 58.3 Å². The largest absolute Gasteiger partial charge is 0.385 e. The zero-order chi connectivity index (χ0) is 15.5. The summed E-state index contributed by atoms with van der Waals surface area (Å²) in [6, 6.07) is 2.15. The average molecular weight is 312 g/mol. The van der Waals surface area contributed by atoms with Crippen LogP contribution in [0.4, 0.5) is 0 Å². The number of hydrogen-bond donors (Lipinski definition) is 2. The Morgan fingerprint density at radius 2 is 2.19 bits per heavy atom. The highest BCUT2D eigenvalue weighted by atomic mass is 32.1. The third-order valence-corrected chi connectivity index (χ3v) is 4.31. The highest BCUT2D eigenvalue weighted by molar-refractivity contribution is 7.10. The van der Waals surface area contributed by atoms with Gasteiger partial charge in [0, 0.05) is 45.3 Å². The monoisotopic (exact) mass is 312 g/mol. The molecule has 0 saturated heterocycles. The predicted octanol–water partition coefficient (Wildman–Crippen LogP) is 1.69. The van der Waals surface area contributed by atoms with Gasteiger partial charge in [-0.15, -0.1) is 11.3 Å². The van der Waals surface area contributed by atoms with Crippen LogP contribution in [0.3, 0.4) is 0 Å². The van der Waals surface area contributed by atoms with Gasteiger partial charge in [0.1, 0.15) is 0 Å². The molecule has 0 aliphatic heterocycles. The first-order chi connectivity index (χ1) is 10.2. The second-order valence-corrected chi connectivity index (χ2v) is 6.03. The Morgan fingerprint density at radius 3 is 2.81 bits per heavy atom. The van der Waals surface area contributed by atoms with Crippen molar-refractivity contribution in [2.45, 2.75) is 19.9 Å². The van der Waals surface area contributed by atoms with Crippen LogP contribution in [0.25, 0.3) is 0 Å². The van der Waals surface area contributed by atoms with Crippen molar-refractivity contribution in [1.82, 2.24) is 15.5 Å². The van der Waals surface area contributed by atoms with Crippen molar-refractivity contribution in [1.29, 1.82) is 0 Å². The zero-order valence-corrected chi connectivity index (χ0v) is 14.4. The van der Waals surface area contributed by atoms with Crippen molar-refractivity contribution in [3.63, 3.8) is 0 Å². The summed E-state index contributed by atoms with van der Waals surface area (Å²) in [5.74, 6) is 0.855. The van der Waals surface area contributed by atoms with Crippen molar-refractivity contribution < 1.29 is 4.74 Å². The summed E-state index contributed by atoms with van der Waals surface area (Å²) in [5.41, 5.74) is 1.33. The second kappa shape index (κ2) is 10.6. The van der Waals surface area contributed by atoms with Gasteiger partial charge < -0.3 is 20.3 Å². The fraction of sp³-hybridized carbons (Fsp3) is 0.667. The highest BCUT2D eigenvalue weighted by Gasteiger charge is 2.03. The van der Waals surface area contributed by atoms with E-state index in [1.54, 1.807) is 25.5 Å². The fourth-order valence-electron chi connectivity index (χ4n) is 1.93. The van der Waals surface area contributed by atoms with E-state index in [1.165, 1.54) is 10.4 Å². The summed E-state index contributed by atoms with van der Waals surface area (Å²) >= 11 is 1.78. The number of rotatable bonds is 9. The molecule has 1 aromatic heterocycles. The first kappa shape index (κ1) is 17.9. The minimum absolute atomic E-state index is 0.821. The molecule has 1 heterocycles. The Kier molecular flexibility index (Phi) is 9.05. The molecule has 2 N–H and O–H groups in total. The van der Waals surface area contributed by atoms with Crippen molar-refractivity contribution in [3.8, 4) is 0 Å². The zero-order valence-electron chi connectivity index (χ0n) is 13.6. The van der Waals surface area contributed by atoms with Gasteiger partial charge in [-0.25, -0.2) is 0 Å². The van der Waals surface area contributed by atoms with E-state index < -0.39 is 0 Å². The van der Waals surface area contributed by atoms with Crippen LogP contribution in [0.15, 0.2) is 16.4 Å². The Morgan fingerprint density at radius 1 is 1.38 bits per heavy atom. The average Bonchev–Trinajstić information content (AvgIpc) is 2.88. The van der Waals surface area contributed by atoms with Gasteiger partial charge in [-0.1, -0.05) is 0 Å². The van der Waals surface area contributed by atoms with Crippen LogP contribution in [0.5, 0.6) is 0 Å². The SMILES string of the molecule is CN=C(NCCN(C)CCCOC)NCc1sccc1C. The summed E-state index contributed by atoms with van der Waals surface area (Å²) < 4.78 is 5.06. The fourth-order valence-corrected chi connectivity index (χ4v) is 2.77. The lowest BCUT2D eigenvalue weighted by atomic mass is 10.3. The lowest BCUT2D eigenvalue weighted by Crippen LogP contribution is -2.40. The third-order valence-electron chi connectivity index (χ3n) is 3.28. The standard InChI is InChI=1S/C15H28N4OS/c1-13-6-11-21-14(13)12-18-15(16-2)17-7-9-19(3)8-5-10-20-4/h6,11H,5,7-10,12H2,1-4H3,(H2,16,17,18). The van der Waals surface area contributed by atoms with E-state index in [0.717, 1.165) is 45.2 Å². The van der Waals surface area contributed by atoms with E-state index in [9.17, 15) is 0 Å². The van der Waals surface area contributed by atoms with Gasteiger partial charge in [0.2, 0.25) is 0 Å². The number of aliphatic imine (C=N–C) groups is 1. The molecule has 0 saturated carbocycles. The van der Waals surface area contributed by atoms with Gasteiger partial charge in [0.05, 0.1) is 6.54 Å². The first-order valence-electron chi connectivity index (χ1n) is 7.32. The van der Waals surface area contributed by atoms with E-state index in [4.69, 9.17) is 4.74 Å². The smallest absolute Gasteiger partial charge is 0.191 e. The number of likely N-dealkylation sites (N-methyl/N-ethyl adjacent to an activating group) is 1. The molecule has 0 aliphatic rings. The molecule has 0 atom stereocenters. The first-order valence-corrected chi connectivity index (χ1v) is 8.20. The number of ether oxygens (including phenoxy) is 1. The molecule has 21 heavy (non-hydrogen) atoms. The van der Waals surface area contributed by atoms with Crippen LogP contribution < -0.4 is 10.6 Å². The lowest BCUT2D eigenvalue weighted by molar-refractivity contribution is 0.180. The van der Waals surface area contributed by atoms with Gasteiger partial charge in [-0.2, -0.15) is 0 Å². The summed E-state index contributed by atoms with van der Waals surface area (Å²) in [6.45, 7) is 6.71. The van der Waals surface area contributed by atoms with Crippen molar-refractivity contribution in [2.75, 3.05) is 47.4 Å². The number of methoxy groups -OCH3 is 1. The van der Waals surface area contributed by atoms with Crippen LogP contribution >= 0.6 is 11.3 Å². The maximum absolute atomic E-state index is 5.06. The number of nitrogens with one attached hydrogen (secondary N) is 2. The Labute approximate surface area is 132 Å². The molecule has 6 heteroatoms. The van der Waals surface area contributed by atoms with E-state index >= 15 is 0 Å². The Balaban J connectivity index is 2.18. The summed E-state index contributed by atoms with van der Waals surface area (Å²) in [7, 11) is 5.67. The predicted molar refractivity (Wildman–Crippen MR) is 91.2 cm³/mol. The number of hydrogen-bond acceptors (Lipinski definition) is 4. The van der Waals surface area contributed by atoms with Crippen LogP contribution in [0.2, 0.25) is 0 Å². The molecule has 0 bridgehead atoms. The molecule has 0 spiro atoms. The quantitative estimate of drug-likeness (QED) is 0.414.